The maximum Gasteiger partial charge on any atom is 0.255 e. The predicted molar refractivity (Wildman–Crippen MR) is 86.5 cm³/mol. The summed E-state index contributed by atoms with van der Waals surface area (Å²) in [5.74, 6) is 0.819. The molecule has 1 aromatic carbocycles. The standard InChI is InChI=1S/C15H16FN5S/c1-8(2)12-11(9-4-6-10(16)7-5-9)13(17)21-14(18-12)19-15(20-21)22-3/h4-8H,17H2,1-3H3. The number of aromatic nitrogens is 4. The molecule has 2 aromatic heterocycles. The highest BCUT2D eigenvalue weighted by Gasteiger charge is 2.19. The lowest BCUT2D eigenvalue weighted by Gasteiger charge is -2.15. The monoisotopic (exact) mass is 317 g/mol. The summed E-state index contributed by atoms with van der Waals surface area (Å²) in [6.45, 7) is 4.08. The smallest absolute Gasteiger partial charge is 0.255 e. The highest BCUT2D eigenvalue weighted by molar-refractivity contribution is 7.98. The topological polar surface area (TPSA) is 69.1 Å². The summed E-state index contributed by atoms with van der Waals surface area (Å²) in [5.41, 5.74) is 8.74. The zero-order valence-corrected chi connectivity index (χ0v) is 13.4. The Morgan fingerprint density at radius 2 is 1.86 bits per heavy atom. The van der Waals surface area contributed by atoms with Crippen molar-refractivity contribution >= 4 is 23.4 Å². The molecule has 2 heterocycles. The molecule has 0 saturated heterocycles. The van der Waals surface area contributed by atoms with E-state index in [2.05, 4.69) is 15.1 Å². The van der Waals surface area contributed by atoms with Crippen molar-refractivity contribution in [3.05, 3.63) is 35.8 Å². The van der Waals surface area contributed by atoms with E-state index in [1.165, 1.54) is 28.4 Å². The molecule has 0 aliphatic heterocycles. The predicted octanol–water partition coefficient (Wildman–Crippen LogP) is 3.36. The van der Waals surface area contributed by atoms with Gasteiger partial charge in [-0.1, -0.05) is 37.7 Å². The van der Waals surface area contributed by atoms with Gasteiger partial charge in [0.15, 0.2) is 0 Å². The van der Waals surface area contributed by atoms with Gasteiger partial charge in [0.1, 0.15) is 11.6 Å². The van der Waals surface area contributed by atoms with Crippen LogP contribution in [0, 0.1) is 5.82 Å². The number of nitrogen functional groups attached to an aromatic ring is 1. The summed E-state index contributed by atoms with van der Waals surface area (Å²) < 4.78 is 14.7. The Hall–Kier alpha value is -2.15. The SMILES string of the molecule is CSc1nc2nc(C(C)C)c(-c3ccc(F)cc3)c(N)n2n1. The number of fused-ring (bicyclic) bond motifs is 1. The van der Waals surface area contributed by atoms with Gasteiger partial charge >= 0.3 is 0 Å². The molecule has 114 valence electrons. The van der Waals surface area contributed by atoms with Crippen molar-refractivity contribution < 1.29 is 4.39 Å². The van der Waals surface area contributed by atoms with E-state index in [9.17, 15) is 4.39 Å². The first-order valence-corrected chi connectivity index (χ1v) is 8.09. The number of anilines is 1. The van der Waals surface area contributed by atoms with Crippen molar-refractivity contribution in [1.29, 1.82) is 0 Å². The van der Waals surface area contributed by atoms with Gasteiger partial charge in [0.05, 0.1) is 5.69 Å². The number of rotatable bonds is 3. The summed E-state index contributed by atoms with van der Waals surface area (Å²) >= 11 is 1.43. The van der Waals surface area contributed by atoms with E-state index in [4.69, 9.17) is 5.73 Å². The van der Waals surface area contributed by atoms with Crippen LogP contribution >= 0.6 is 11.8 Å². The highest BCUT2D eigenvalue weighted by atomic mass is 32.2. The lowest BCUT2D eigenvalue weighted by Crippen LogP contribution is -2.08. The van der Waals surface area contributed by atoms with Crippen LogP contribution in [0.1, 0.15) is 25.5 Å². The van der Waals surface area contributed by atoms with Crippen LogP contribution in [-0.2, 0) is 0 Å². The molecule has 0 atom stereocenters. The largest absolute Gasteiger partial charge is 0.383 e. The van der Waals surface area contributed by atoms with E-state index in [1.807, 2.05) is 20.1 Å². The molecular weight excluding hydrogens is 301 g/mol. The fourth-order valence-electron chi connectivity index (χ4n) is 2.34. The number of benzene rings is 1. The minimum Gasteiger partial charge on any atom is -0.383 e. The Morgan fingerprint density at radius 1 is 1.18 bits per heavy atom. The normalized spacial score (nSPS) is 11.5. The first-order valence-electron chi connectivity index (χ1n) is 6.87. The lowest BCUT2D eigenvalue weighted by molar-refractivity contribution is 0.628. The molecule has 0 aliphatic rings. The van der Waals surface area contributed by atoms with Gasteiger partial charge in [0.25, 0.3) is 5.78 Å². The third-order valence-electron chi connectivity index (χ3n) is 3.39. The molecular formula is C15H16FN5S. The van der Waals surface area contributed by atoms with E-state index >= 15 is 0 Å². The highest BCUT2D eigenvalue weighted by Crippen LogP contribution is 2.33. The fourth-order valence-corrected chi connectivity index (χ4v) is 2.67. The molecule has 3 rings (SSSR count). The number of hydrogen-bond acceptors (Lipinski definition) is 5. The summed E-state index contributed by atoms with van der Waals surface area (Å²) in [4.78, 5) is 8.95. The number of thioether (sulfide) groups is 1. The first kappa shape index (κ1) is 14.8. The molecule has 0 bridgehead atoms. The fraction of sp³-hybridized carbons (Fsp3) is 0.267. The van der Waals surface area contributed by atoms with Crippen LogP contribution in [-0.4, -0.2) is 25.8 Å². The Morgan fingerprint density at radius 3 is 2.45 bits per heavy atom. The van der Waals surface area contributed by atoms with E-state index in [-0.39, 0.29) is 11.7 Å². The van der Waals surface area contributed by atoms with Gasteiger partial charge in [-0.3, -0.25) is 0 Å². The summed E-state index contributed by atoms with van der Waals surface area (Å²) in [6, 6.07) is 6.23. The van der Waals surface area contributed by atoms with Gasteiger partial charge < -0.3 is 5.73 Å². The minimum absolute atomic E-state index is 0.154. The summed E-state index contributed by atoms with van der Waals surface area (Å²) in [7, 11) is 0. The van der Waals surface area contributed by atoms with Gasteiger partial charge in [-0.15, -0.1) is 5.10 Å². The molecule has 0 saturated carbocycles. The zero-order chi connectivity index (χ0) is 15.9. The van der Waals surface area contributed by atoms with Crippen LogP contribution < -0.4 is 5.73 Å². The minimum atomic E-state index is -0.284. The molecule has 22 heavy (non-hydrogen) atoms. The molecule has 0 aliphatic carbocycles. The molecule has 0 unspecified atom stereocenters. The van der Waals surface area contributed by atoms with Crippen LogP contribution in [0.3, 0.4) is 0 Å². The Bertz CT molecular complexity index is 826. The molecule has 0 radical (unpaired) electrons. The van der Waals surface area contributed by atoms with Gasteiger partial charge in [-0.25, -0.2) is 9.37 Å². The van der Waals surface area contributed by atoms with Crippen molar-refractivity contribution in [2.45, 2.75) is 24.9 Å². The Kier molecular flexibility index (Phi) is 3.74. The quantitative estimate of drug-likeness (QED) is 0.750. The Balaban J connectivity index is 2.32. The van der Waals surface area contributed by atoms with Gasteiger partial charge in [-0.2, -0.15) is 9.50 Å². The van der Waals surface area contributed by atoms with E-state index in [0.717, 1.165) is 16.8 Å². The number of nitrogens with zero attached hydrogens (tertiary/aromatic N) is 4. The van der Waals surface area contributed by atoms with E-state index in [1.54, 1.807) is 12.1 Å². The molecule has 7 heteroatoms. The lowest BCUT2D eigenvalue weighted by atomic mass is 9.98. The third kappa shape index (κ3) is 2.41. The first-order chi connectivity index (χ1) is 10.5. The van der Waals surface area contributed by atoms with Gasteiger partial charge in [-0.05, 0) is 29.9 Å². The molecule has 0 spiro atoms. The molecule has 0 fully saturated rings. The van der Waals surface area contributed by atoms with Crippen LogP contribution in [0.5, 0.6) is 0 Å². The van der Waals surface area contributed by atoms with Crippen molar-refractivity contribution in [3.63, 3.8) is 0 Å². The molecule has 0 amide bonds. The van der Waals surface area contributed by atoms with Crippen LogP contribution in [0.15, 0.2) is 29.4 Å². The third-order valence-corrected chi connectivity index (χ3v) is 3.93. The average molecular weight is 317 g/mol. The van der Waals surface area contributed by atoms with E-state index in [0.29, 0.717) is 16.8 Å². The van der Waals surface area contributed by atoms with Crippen LogP contribution in [0.2, 0.25) is 0 Å². The van der Waals surface area contributed by atoms with Crippen molar-refractivity contribution in [2.75, 3.05) is 12.0 Å². The maximum atomic E-state index is 13.2. The number of halogens is 1. The average Bonchev–Trinajstić information content (AvgIpc) is 2.92. The maximum absolute atomic E-state index is 13.2. The second-order valence-corrected chi connectivity index (χ2v) is 6.00. The number of nitrogens with two attached hydrogens (primary N) is 1. The number of hydrogen-bond donors (Lipinski definition) is 1. The summed E-state index contributed by atoms with van der Waals surface area (Å²) in [5, 5.41) is 4.96. The molecule has 3 aromatic rings. The van der Waals surface area contributed by atoms with Crippen LogP contribution in [0.25, 0.3) is 16.9 Å². The van der Waals surface area contributed by atoms with Crippen LogP contribution in [0.4, 0.5) is 10.2 Å². The Labute approximate surface area is 131 Å². The van der Waals surface area contributed by atoms with Gasteiger partial charge in [0, 0.05) is 5.56 Å². The van der Waals surface area contributed by atoms with Crippen molar-refractivity contribution in [2.24, 2.45) is 0 Å². The zero-order valence-electron chi connectivity index (χ0n) is 12.5. The molecule has 5 nitrogen and oxygen atoms in total. The second kappa shape index (κ2) is 5.57. The van der Waals surface area contributed by atoms with E-state index < -0.39 is 0 Å². The van der Waals surface area contributed by atoms with Crippen molar-refractivity contribution in [1.82, 2.24) is 19.6 Å². The summed E-state index contributed by atoms with van der Waals surface area (Å²) in [6.07, 6.45) is 1.90. The van der Waals surface area contributed by atoms with Crippen molar-refractivity contribution in [3.8, 4) is 11.1 Å². The van der Waals surface area contributed by atoms with Gasteiger partial charge in [0.2, 0.25) is 5.16 Å². The molecule has 2 N–H and O–H groups in total. The second-order valence-electron chi connectivity index (χ2n) is 5.23.